The predicted molar refractivity (Wildman–Crippen MR) is 86.8 cm³/mol. The zero-order chi connectivity index (χ0) is 14.7. The van der Waals surface area contributed by atoms with Crippen LogP contribution in [0.4, 0.5) is 5.69 Å². The molecule has 106 valence electrons. The Morgan fingerprint density at radius 3 is 2.70 bits per heavy atom. The Kier molecular flexibility index (Phi) is 5.13. The molecule has 2 rings (SSSR count). The number of hydrogen-bond donors (Lipinski definition) is 1. The van der Waals surface area contributed by atoms with Gasteiger partial charge in [-0.25, -0.2) is 0 Å². The Hall–Kier alpha value is -0.970. The number of aryl methyl sites for hydroxylation is 1. The smallest absolute Gasteiger partial charge is 0.272 e. The van der Waals surface area contributed by atoms with Crippen LogP contribution in [0.3, 0.4) is 0 Å². The van der Waals surface area contributed by atoms with Crippen LogP contribution >= 0.6 is 39.1 Å². The molecule has 1 heterocycles. The number of carbonyl (C=O) groups excluding carboxylic acids is 1. The third-order valence-electron chi connectivity index (χ3n) is 2.74. The summed E-state index contributed by atoms with van der Waals surface area (Å²) in [5.74, 6) is -0.178. The third-order valence-corrected chi connectivity index (χ3v) is 3.91. The van der Waals surface area contributed by atoms with Crippen molar-refractivity contribution in [3.8, 4) is 0 Å². The van der Waals surface area contributed by atoms with E-state index in [1.807, 2.05) is 10.8 Å². The van der Waals surface area contributed by atoms with Crippen molar-refractivity contribution in [2.24, 2.45) is 0 Å². The van der Waals surface area contributed by atoms with Gasteiger partial charge in [0.1, 0.15) is 5.69 Å². The molecule has 1 aromatic heterocycles. The number of nitrogens with zero attached hydrogens (tertiary/aromatic N) is 1. The number of halogens is 3. The summed E-state index contributed by atoms with van der Waals surface area (Å²) in [6.45, 7) is 2.85. The van der Waals surface area contributed by atoms with E-state index in [4.69, 9.17) is 23.2 Å². The normalized spacial score (nSPS) is 10.6. The van der Waals surface area contributed by atoms with Crippen LogP contribution in [0.5, 0.6) is 0 Å². The Morgan fingerprint density at radius 1 is 1.30 bits per heavy atom. The van der Waals surface area contributed by atoms with Gasteiger partial charge in [0.15, 0.2) is 0 Å². The van der Waals surface area contributed by atoms with E-state index in [9.17, 15) is 4.79 Å². The van der Waals surface area contributed by atoms with Crippen molar-refractivity contribution < 1.29 is 4.79 Å². The van der Waals surface area contributed by atoms with E-state index in [1.54, 1.807) is 24.3 Å². The van der Waals surface area contributed by atoms with Gasteiger partial charge in [-0.05, 0) is 46.6 Å². The Balaban J connectivity index is 2.21. The van der Waals surface area contributed by atoms with Crippen LogP contribution in [-0.4, -0.2) is 10.5 Å². The van der Waals surface area contributed by atoms with Crippen LogP contribution in [0, 0.1) is 0 Å². The first-order valence-corrected chi connectivity index (χ1v) is 7.68. The van der Waals surface area contributed by atoms with E-state index in [0.717, 1.165) is 17.4 Å². The Bertz CT molecular complexity index is 640. The molecule has 20 heavy (non-hydrogen) atoms. The van der Waals surface area contributed by atoms with Gasteiger partial charge in [-0.2, -0.15) is 0 Å². The number of amides is 1. The average Bonchev–Trinajstić information content (AvgIpc) is 2.75. The molecule has 3 nitrogen and oxygen atoms in total. The molecular formula is C14H13BrCl2N2O. The molecular weight excluding hydrogens is 363 g/mol. The molecule has 2 aromatic rings. The second kappa shape index (κ2) is 6.66. The van der Waals surface area contributed by atoms with Gasteiger partial charge in [0.25, 0.3) is 5.91 Å². The predicted octanol–water partition coefficient (Wildman–Crippen LogP) is 5.22. The molecule has 1 N–H and O–H groups in total. The lowest BCUT2D eigenvalue weighted by atomic mass is 10.3. The van der Waals surface area contributed by atoms with Crippen LogP contribution in [-0.2, 0) is 6.54 Å². The second-order valence-electron chi connectivity index (χ2n) is 4.32. The van der Waals surface area contributed by atoms with E-state index >= 15 is 0 Å². The van der Waals surface area contributed by atoms with Gasteiger partial charge in [-0.1, -0.05) is 30.1 Å². The molecule has 0 fully saturated rings. The summed E-state index contributed by atoms with van der Waals surface area (Å²) in [5, 5.41) is 3.69. The topological polar surface area (TPSA) is 34.0 Å². The fourth-order valence-corrected chi connectivity index (χ4v) is 2.62. The van der Waals surface area contributed by atoms with Gasteiger partial charge in [0, 0.05) is 22.9 Å². The van der Waals surface area contributed by atoms with Crippen molar-refractivity contribution in [3.05, 3.63) is 50.7 Å². The summed E-state index contributed by atoms with van der Waals surface area (Å²) in [4.78, 5) is 12.3. The van der Waals surface area contributed by atoms with Crippen molar-refractivity contribution in [3.63, 3.8) is 0 Å². The van der Waals surface area contributed by atoms with Crippen molar-refractivity contribution in [1.82, 2.24) is 4.57 Å². The molecule has 0 saturated carbocycles. The maximum absolute atomic E-state index is 12.3. The van der Waals surface area contributed by atoms with E-state index in [2.05, 4.69) is 28.2 Å². The maximum Gasteiger partial charge on any atom is 0.272 e. The van der Waals surface area contributed by atoms with Crippen molar-refractivity contribution >= 4 is 50.7 Å². The third kappa shape index (κ3) is 3.57. The quantitative estimate of drug-likeness (QED) is 0.780. The van der Waals surface area contributed by atoms with E-state index < -0.39 is 0 Å². The van der Waals surface area contributed by atoms with E-state index in [0.29, 0.717) is 21.4 Å². The molecule has 0 aliphatic carbocycles. The molecule has 0 bridgehead atoms. The molecule has 0 saturated heterocycles. The zero-order valence-corrected chi connectivity index (χ0v) is 13.9. The van der Waals surface area contributed by atoms with Gasteiger partial charge in [-0.3, -0.25) is 4.79 Å². The molecule has 0 unspecified atom stereocenters. The molecule has 0 spiro atoms. The molecule has 1 aromatic carbocycles. The highest BCUT2D eigenvalue weighted by atomic mass is 79.9. The molecule has 0 atom stereocenters. The van der Waals surface area contributed by atoms with Gasteiger partial charge in [0.05, 0.1) is 10.0 Å². The molecule has 1 amide bonds. The minimum Gasteiger partial charge on any atom is -0.342 e. The van der Waals surface area contributed by atoms with Gasteiger partial charge in [-0.15, -0.1) is 0 Å². The number of carbonyl (C=O) groups is 1. The first-order chi connectivity index (χ1) is 9.51. The van der Waals surface area contributed by atoms with Gasteiger partial charge in [0.2, 0.25) is 0 Å². The number of rotatable bonds is 4. The van der Waals surface area contributed by atoms with Crippen molar-refractivity contribution in [1.29, 1.82) is 0 Å². The van der Waals surface area contributed by atoms with Crippen LogP contribution in [0.15, 0.2) is 34.9 Å². The summed E-state index contributed by atoms with van der Waals surface area (Å²) in [5.41, 5.74) is 1.22. The number of benzene rings is 1. The summed E-state index contributed by atoms with van der Waals surface area (Å²) in [6, 6.07) is 6.79. The van der Waals surface area contributed by atoms with E-state index in [1.165, 1.54) is 0 Å². The number of hydrogen-bond acceptors (Lipinski definition) is 1. The highest BCUT2D eigenvalue weighted by molar-refractivity contribution is 9.10. The van der Waals surface area contributed by atoms with Crippen LogP contribution < -0.4 is 5.32 Å². The minimum atomic E-state index is -0.178. The lowest BCUT2D eigenvalue weighted by Crippen LogP contribution is -2.16. The lowest BCUT2D eigenvalue weighted by molar-refractivity contribution is 0.101. The average molecular weight is 376 g/mol. The number of anilines is 1. The van der Waals surface area contributed by atoms with Gasteiger partial charge >= 0.3 is 0 Å². The highest BCUT2D eigenvalue weighted by Gasteiger charge is 2.13. The van der Waals surface area contributed by atoms with Crippen LogP contribution in [0.25, 0.3) is 0 Å². The second-order valence-corrected chi connectivity index (χ2v) is 6.05. The fraction of sp³-hybridized carbons (Fsp3) is 0.214. The van der Waals surface area contributed by atoms with Gasteiger partial charge < -0.3 is 9.88 Å². The van der Waals surface area contributed by atoms with E-state index in [-0.39, 0.29) is 5.91 Å². The minimum absolute atomic E-state index is 0.178. The first-order valence-electron chi connectivity index (χ1n) is 6.13. The summed E-state index contributed by atoms with van der Waals surface area (Å²) < 4.78 is 2.79. The molecule has 0 aliphatic rings. The highest BCUT2D eigenvalue weighted by Crippen LogP contribution is 2.25. The largest absolute Gasteiger partial charge is 0.342 e. The first kappa shape index (κ1) is 15.4. The van der Waals surface area contributed by atoms with Crippen LogP contribution in [0.2, 0.25) is 10.0 Å². The maximum atomic E-state index is 12.3. The Morgan fingerprint density at radius 2 is 2.05 bits per heavy atom. The summed E-state index contributed by atoms with van der Waals surface area (Å²) >= 11 is 15.2. The summed E-state index contributed by atoms with van der Waals surface area (Å²) in [6.07, 6.45) is 2.85. The van der Waals surface area contributed by atoms with Crippen LogP contribution in [0.1, 0.15) is 23.8 Å². The van der Waals surface area contributed by atoms with Crippen molar-refractivity contribution in [2.75, 3.05) is 5.32 Å². The SMILES string of the molecule is CCCn1cc(Br)cc1C(=O)Nc1ccc(Cl)c(Cl)c1. The standard InChI is InChI=1S/C14H13BrCl2N2O/c1-2-5-19-8-9(15)6-13(19)14(20)18-10-3-4-11(16)12(17)7-10/h3-4,6-8H,2,5H2,1H3,(H,18,20). The molecule has 6 heteroatoms. The Labute approximate surface area is 136 Å². The molecule has 0 aliphatic heterocycles. The monoisotopic (exact) mass is 374 g/mol. The number of nitrogens with one attached hydrogen (secondary N) is 1. The zero-order valence-electron chi connectivity index (χ0n) is 10.8. The number of aromatic nitrogens is 1. The molecule has 0 radical (unpaired) electrons. The fourth-order valence-electron chi connectivity index (χ4n) is 1.86. The van der Waals surface area contributed by atoms with Crippen molar-refractivity contribution in [2.45, 2.75) is 19.9 Å². The summed E-state index contributed by atoms with van der Waals surface area (Å²) in [7, 11) is 0. The lowest BCUT2D eigenvalue weighted by Gasteiger charge is -2.09.